The fourth-order valence-electron chi connectivity index (χ4n) is 2.32. The standard InChI is InChI=1S/C17H24N2/c1-13(2)16-8-6-15(7-9-16)12-19-10-4-5-17(19)11-14(3)18/h4-10,13-14H,11-12,18H2,1-3H3. The van der Waals surface area contributed by atoms with Crippen LogP contribution < -0.4 is 5.73 Å². The maximum absolute atomic E-state index is 5.89. The van der Waals surface area contributed by atoms with Crippen LogP contribution in [0.5, 0.6) is 0 Å². The average molecular weight is 256 g/mol. The van der Waals surface area contributed by atoms with Crippen molar-refractivity contribution < 1.29 is 0 Å². The first-order chi connectivity index (χ1) is 9.06. The van der Waals surface area contributed by atoms with Gasteiger partial charge < -0.3 is 10.3 Å². The minimum Gasteiger partial charge on any atom is -0.347 e. The Bertz CT molecular complexity index is 506. The number of aromatic nitrogens is 1. The molecule has 0 spiro atoms. The summed E-state index contributed by atoms with van der Waals surface area (Å²) in [7, 11) is 0. The molecule has 102 valence electrons. The Kier molecular flexibility index (Phi) is 4.43. The summed E-state index contributed by atoms with van der Waals surface area (Å²) < 4.78 is 2.29. The van der Waals surface area contributed by atoms with E-state index in [2.05, 4.69) is 67.9 Å². The summed E-state index contributed by atoms with van der Waals surface area (Å²) in [4.78, 5) is 0. The maximum atomic E-state index is 5.89. The second-order valence-electron chi connectivity index (χ2n) is 5.71. The predicted octanol–water partition coefficient (Wildman–Crippen LogP) is 3.55. The lowest BCUT2D eigenvalue weighted by molar-refractivity contribution is 0.666. The van der Waals surface area contributed by atoms with Crippen LogP contribution in [0, 0.1) is 0 Å². The highest BCUT2D eigenvalue weighted by Crippen LogP contribution is 2.16. The first kappa shape index (κ1) is 13.9. The molecule has 0 radical (unpaired) electrons. The predicted molar refractivity (Wildman–Crippen MR) is 81.4 cm³/mol. The monoisotopic (exact) mass is 256 g/mol. The minimum atomic E-state index is 0.206. The molecule has 1 unspecified atom stereocenters. The number of rotatable bonds is 5. The fraction of sp³-hybridized carbons (Fsp3) is 0.412. The third-order valence-corrected chi connectivity index (χ3v) is 3.45. The van der Waals surface area contributed by atoms with Gasteiger partial charge in [0.15, 0.2) is 0 Å². The van der Waals surface area contributed by atoms with E-state index in [-0.39, 0.29) is 6.04 Å². The molecule has 1 aromatic heterocycles. The van der Waals surface area contributed by atoms with Gasteiger partial charge in [0.2, 0.25) is 0 Å². The molecular weight excluding hydrogens is 232 g/mol. The van der Waals surface area contributed by atoms with Gasteiger partial charge in [0, 0.05) is 30.9 Å². The molecule has 19 heavy (non-hydrogen) atoms. The molecule has 0 aliphatic rings. The first-order valence-electron chi connectivity index (χ1n) is 7.04. The first-order valence-corrected chi connectivity index (χ1v) is 7.04. The Morgan fingerprint density at radius 2 is 1.74 bits per heavy atom. The summed E-state index contributed by atoms with van der Waals surface area (Å²) in [5.41, 5.74) is 9.93. The highest BCUT2D eigenvalue weighted by molar-refractivity contribution is 5.25. The van der Waals surface area contributed by atoms with Gasteiger partial charge in [0.1, 0.15) is 0 Å². The molecule has 2 nitrogen and oxygen atoms in total. The zero-order chi connectivity index (χ0) is 13.8. The lowest BCUT2D eigenvalue weighted by atomic mass is 10.0. The molecule has 0 saturated carbocycles. The summed E-state index contributed by atoms with van der Waals surface area (Å²) in [6.07, 6.45) is 3.06. The van der Waals surface area contributed by atoms with Crippen LogP contribution in [-0.2, 0) is 13.0 Å². The third kappa shape index (κ3) is 3.71. The van der Waals surface area contributed by atoms with Gasteiger partial charge in [0.05, 0.1) is 0 Å². The van der Waals surface area contributed by atoms with Crippen molar-refractivity contribution in [1.82, 2.24) is 4.57 Å². The Morgan fingerprint density at radius 1 is 1.05 bits per heavy atom. The molecule has 2 rings (SSSR count). The van der Waals surface area contributed by atoms with E-state index in [1.54, 1.807) is 0 Å². The van der Waals surface area contributed by atoms with Gasteiger partial charge in [-0.2, -0.15) is 0 Å². The van der Waals surface area contributed by atoms with E-state index in [1.165, 1.54) is 16.8 Å². The van der Waals surface area contributed by atoms with E-state index < -0.39 is 0 Å². The van der Waals surface area contributed by atoms with Crippen LogP contribution in [0.25, 0.3) is 0 Å². The van der Waals surface area contributed by atoms with Crippen molar-refractivity contribution in [3.63, 3.8) is 0 Å². The Morgan fingerprint density at radius 3 is 2.32 bits per heavy atom. The van der Waals surface area contributed by atoms with Gasteiger partial charge in [-0.3, -0.25) is 0 Å². The molecule has 0 aliphatic heterocycles. The molecule has 2 heteroatoms. The van der Waals surface area contributed by atoms with E-state index in [0.717, 1.165) is 13.0 Å². The van der Waals surface area contributed by atoms with E-state index in [0.29, 0.717) is 5.92 Å². The van der Waals surface area contributed by atoms with Gasteiger partial charge in [-0.15, -0.1) is 0 Å². The van der Waals surface area contributed by atoms with E-state index in [9.17, 15) is 0 Å². The minimum absolute atomic E-state index is 0.206. The third-order valence-electron chi connectivity index (χ3n) is 3.45. The molecule has 0 aliphatic carbocycles. The van der Waals surface area contributed by atoms with Gasteiger partial charge in [-0.25, -0.2) is 0 Å². The summed E-state index contributed by atoms with van der Waals surface area (Å²) >= 11 is 0. The van der Waals surface area contributed by atoms with Crippen LogP contribution in [-0.4, -0.2) is 10.6 Å². The lowest BCUT2D eigenvalue weighted by Gasteiger charge is -2.12. The molecular formula is C17H24N2. The molecule has 1 aromatic carbocycles. The van der Waals surface area contributed by atoms with Crippen molar-refractivity contribution in [2.45, 2.75) is 45.7 Å². The topological polar surface area (TPSA) is 30.9 Å². The Labute approximate surface area is 116 Å². The number of nitrogens with two attached hydrogens (primary N) is 1. The SMILES string of the molecule is CC(N)Cc1cccn1Cc1ccc(C(C)C)cc1. The van der Waals surface area contributed by atoms with Crippen molar-refractivity contribution in [3.05, 3.63) is 59.4 Å². The van der Waals surface area contributed by atoms with Crippen LogP contribution in [0.2, 0.25) is 0 Å². The summed E-state index contributed by atoms with van der Waals surface area (Å²) in [5, 5.41) is 0. The van der Waals surface area contributed by atoms with Crippen molar-refractivity contribution in [2.24, 2.45) is 5.73 Å². The van der Waals surface area contributed by atoms with Crippen LogP contribution in [0.15, 0.2) is 42.6 Å². The van der Waals surface area contributed by atoms with E-state index >= 15 is 0 Å². The van der Waals surface area contributed by atoms with Gasteiger partial charge >= 0.3 is 0 Å². The molecule has 0 bridgehead atoms. The summed E-state index contributed by atoms with van der Waals surface area (Å²) in [6, 6.07) is 13.4. The largest absolute Gasteiger partial charge is 0.347 e. The number of nitrogens with zero attached hydrogens (tertiary/aromatic N) is 1. The zero-order valence-electron chi connectivity index (χ0n) is 12.1. The molecule has 0 amide bonds. The molecule has 2 N–H and O–H groups in total. The molecule has 0 fully saturated rings. The highest BCUT2D eigenvalue weighted by atomic mass is 15.0. The van der Waals surface area contributed by atoms with Crippen LogP contribution in [0.3, 0.4) is 0 Å². The van der Waals surface area contributed by atoms with Crippen LogP contribution in [0.1, 0.15) is 43.5 Å². The molecule has 2 aromatic rings. The number of benzene rings is 1. The lowest BCUT2D eigenvalue weighted by Crippen LogP contribution is -2.20. The fourth-order valence-corrected chi connectivity index (χ4v) is 2.32. The second kappa shape index (κ2) is 6.07. The average Bonchev–Trinajstić information content (AvgIpc) is 2.76. The summed E-state index contributed by atoms with van der Waals surface area (Å²) in [6.45, 7) is 7.42. The van der Waals surface area contributed by atoms with Gasteiger partial charge in [-0.1, -0.05) is 38.1 Å². The number of hydrogen-bond donors (Lipinski definition) is 1. The van der Waals surface area contributed by atoms with Crippen molar-refractivity contribution in [1.29, 1.82) is 0 Å². The maximum Gasteiger partial charge on any atom is 0.0472 e. The summed E-state index contributed by atoms with van der Waals surface area (Å²) in [5.74, 6) is 0.592. The zero-order valence-corrected chi connectivity index (χ0v) is 12.1. The highest BCUT2D eigenvalue weighted by Gasteiger charge is 2.05. The van der Waals surface area contributed by atoms with E-state index in [1.807, 2.05) is 0 Å². The van der Waals surface area contributed by atoms with Crippen LogP contribution >= 0.6 is 0 Å². The van der Waals surface area contributed by atoms with Crippen molar-refractivity contribution >= 4 is 0 Å². The van der Waals surface area contributed by atoms with Crippen molar-refractivity contribution in [2.75, 3.05) is 0 Å². The smallest absolute Gasteiger partial charge is 0.0472 e. The van der Waals surface area contributed by atoms with E-state index in [4.69, 9.17) is 5.73 Å². The van der Waals surface area contributed by atoms with Crippen LogP contribution in [0.4, 0.5) is 0 Å². The Balaban J connectivity index is 2.10. The van der Waals surface area contributed by atoms with Crippen molar-refractivity contribution in [3.8, 4) is 0 Å². The Hall–Kier alpha value is -1.54. The molecule has 1 atom stereocenters. The normalized spacial score (nSPS) is 12.9. The quantitative estimate of drug-likeness (QED) is 0.871. The molecule has 1 heterocycles. The number of hydrogen-bond acceptors (Lipinski definition) is 1. The second-order valence-corrected chi connectivity index (χ2v) is 5.71. The van der Waals surface area contributed by atoms with Gasteiger partial charge in [-0.05, 0) is 36.1 Å². The van der Waals surface area contributed by atoms with Gasteiger partial charge in [0.25, 0.3) is 0 Å². The molecule has 0 saturated heterocycles.